The smallest absolute Gasteiger partial charge is 0.119 e. The number of ether oxygens (including phenoxy) is 1. The van der Waals surface area contributed by atoms with Gasteiger partial charge in [-0.25, -0.2) is 0 Å². The number of aliphatic hydroxyl groups excluding tert-OH is 1. The van der Waals surface area contributed by atoms with Gasteiger partial charge >= 0.3 is 0 Å². The van der Waals surface area contributed by atoms with Gasteiger partial charge in [-0.05, 0) is 44.0 Å². The summed E-state index contributed by atoms with van der Waals surface area (Å²) in [6.07, 6.45) is 2.13. The first-order valence-corrected chi connectivity index (χ1v) is 8.00. The van der Waals surface area contributed by atoms with Gasteiger partial charge in [0.15, 0.2) is 0 Å². The monoisotopic (exact) mass is 292 g/mol. The number of rotatable bonds is 6. The quantitative estimate of drug-likeness (QED) is 0.841. The molecule has 2 rings (SSSR count). The van der Waals surface area contributed by atoms with Gasteiger partial charge in [-0.1, -0.05) is 19.1 Å². The number of hydrogen-bond donors (Lipinski definition) is 2. The van der Waals surface area contributed by atoms with Crippen molar-refractivity contribution in [3.8, 4) is 5.75 Å². The second-order valence-electron chi connectivity index (χ2n) is 5.90. The fourth-order valence-electron chi connectivity index (χ4n) is 2.84. The Bertz CT molecular complexity index is 413. The lowest BCUT2D eigenvalue weighted by molar-refractivity contribution is 0.0452. The molecule has 0 saturated carbocycles. The maximum Gasteiger partial charge on any atom is 0.119 e. The fourth-order valence-corrected chi connectivity index (χ4v) is 2.84. The van der Waals surface area contributed by atoms with Crippen LogP contribution in [0, 0.1) is 0 Å². The lowest BCUT2D eigenvalue weighted by atomic mass is 9.90. The van der Waals surface area contributed by atoms with Crippen LogP contribution in [0.5, 0.6) is 5.75 Å². The molecule has 1 atom stereocenters. The standard InChI is InChI=1S/C17H28N2O2/c1-3-13-21-16-7-5-15(6-8-16)17(2,14-20)19-11-4-9-18-10-12-19/h5-8,18,20H,3-4,9-14H2,1-2H3. The zero-order valence-corrected chi connectivity index (χ0v) is 13.3. The Balaban J connectivity index is 2.14. The van der Waals surface area contributed by atoms with Crippen LogP contribution in [0.3, 0.4) is 0 Å². The maximum absolute atomic E-state index is 10.0. The minimum absolute atomic E-state index is 0.127. The third kappa shape index (κ3) is 3.96. The van der Waals surface area contributed by atoms with Crippen molar-refractivity contribution in [2.24, 2.45) is 0 Å². The Morgan fingerprint density at radius 2 is 2.00 bits per heavy atom. The van der Waals surface area contributed by atoms with Gasteiger partial charge in [-0.15, -0.1) is 0 Å². The van der Waals surface area contributed by atoms with E-state index in [1.165, 1.54) is 0 Å². The molecule has 21 heavy (non-hydrogen) atoms. The van der Waals surface area contributed by atoms with E-state index < -0.39 is 0 Å². The lowest BCUT2D eigenvalue weighted by Crippen LogP contribution is -2.48. The highest BCUT2D eigenvalue weighted by atomic mass is 16.5. The molecule has 1 aromatic rings. The van der Waals surface area contributed by atoms with Crippen molar-refractivity contribution in [3.63, 3.8) is 0 Å². The molecule has 1 saturated heterocycles. The second kappa shape index (κ2) is 7.78. The Morgan fingerprint density at radius 3 is 2.67 bits per heavy atom. The SMILES string of the molecule is CCCOc1ccc(C(C)(CO)N2CCCNCC2)cc1. The second-order valence-corrected chi connectivity index (χ2v) is 5.90. The van der Waals surface area contributed by atoms with Crippen molar-refractivity contribution in [3.05, 3.63) is 29.8 Å². The third-order valence-electron chi connectivity index (χ3n) is 4.29. The molecule has 4 nitrogen and oxygen atoms in total. The molecule has 2 N–H and O–H groups in total. The first-order chi connectivity index (χ1) is 10.2. The molecule has 0 aliphatic carbocycles. The van der Waals surface area contributed by atoms with Gasteiger partial charge in [0.1, 0.15) is 5.75 Å². The minimum atomic E-state index is -0.324. The van der Waals surface area contributed by atoms with Gasteiger partial charge in [0.2, 0.25) is 0 Å². The van der Waals surface area contributed by atoms with Crippen molar-refractivity contribution < 1.29 is 9.84 Å². The average Bonchev–Trinajstić information content (AvgIpc) is 2.82. The predicted molar refractivity (Wildman–Crippen MR) is 85.7 cm³/mol. The molecular formula is C17H28N2O2. The van der Waals surface area contributed by atoms with Crippen molar-refractivity contribution in [1.82, 2.24) is 10.2 Å². The summed E-state index contributed by atoms with van der Waals surface area (Å²) in [5.74, 6) is 0.901. The molecule has 1 unspecified atom stereocenters. The molecule has 0 bridgehead atoms. The molecule has 4 heteroatoms. The predicted octanol–water partition coefficient (Wildman–Crippen LogP) is 1.98. The van der Waals surface area contributed by atoms with E-state index in [0.29, 0.717) is 0 Å². The molecule has 1 aliphatic rings. The Hall–Kier alpha value is -1.10. The van der Waals surface area contributed by atoms with Crippen molar-refractivity contribution >= 4 is 0 Å². The van der Waals surface area contributed by atoms with Crippen molar-refractivity contribution in [2.45, 2.75) is 32.2 Å². The van der Waals surface area contributed by atoms with Crippen LogP contribution in [-0.2, 0) is 5.54 Å². The third-order valence-corrected chi connectivity index (χ3v) is 4.29. The van der Waals surface area contributed by atoms with Crippen LogP contribution in [-0.4, -0.2) is 49.4 Å². The largest absolute Gasteiger partial charge is 0.494 e. The molecule has 1 fully saturated rings. The summed E-state index contributed by atoms with van der Waals surface area (Å²) in [6.45, 7) is 9.11. The van der Waals surface area contributed by atoms with Crippen LogP contribution >= 0.6 is 0 Å². The number of hydrogen-bond acceptors (Lipinski definition) is 4. The van der Waals surface area contributed by atoms with Crippen LogP contribution in [0.25, 0.3) is 0 Å². The number of nitrogens with zero attached hydrogens (tertiary/aromatic N) is 1. The highest BCUT2D eigenvalue weighted by Gasteiger charge is 2.33. The Morgan fingerprint density at radius 1 is 1.24 bits per heavy atom. The van der Waals surface area contributed by atoms with Crippen molar-refractivity contribution in [2.75, 3.05) is 39.4 Å². The van der Waals surface area contributed by atoms with Crippen LogP contribution in [0.15, 0.2) is 24.3 Å². The molecule has 1 heterocycles. The van der Waals surface area contributed by atoms with E-state index in [1.54, 1.807) is 0 Å². The molecule has 1 aliphatic heterocycles. The van der Waals surface area contributed by atoms with E-state index in [0.717, 1.165) is 56.9 Å². The van der Waals surface area contributed by atoms with Gasteiger partial charge in [-0.2, -0.15) is 0 Å². The van der Waals surface area contributed by atoms with Crippen LogP contribution < -0.4 is 10.1 Å². The summed E-state index contributed by atoms with van der Waals surface area (Å²) >= 11 is 0. The van der Waals surface area contributed by atoms with E-state index in [9.17, 15) is 5.11 Å². The lowest BCUT2D eigenvalue weighted by Gasteiger charge is -2.40. The number of nitrogens with one attached hydrogen (secondary N) is 1. The topological polar surface area (TPSA) is 44.7 Å². The molecule has 0 amide bonds. The fraction of sp³-hybridized carbons (Fsp3) is 0.647. The van der Waals surface area contributed by atoms with Crippen LogP contribution in [0.1, 0.15) is 32.3 Å². The zero-order chi connectivity index (χ0) is 15.1. The van der Waals surface area contributed by atoms with Gasteiger partial charge < -0.3 is 15.2 Å². The van der Waals surface area contributed by atoms with Crippen LogP contribution in [0.2, 0.25) is 0 Å². The molecule has 0 aromatic heterocycles. The van der Waals surface area contributed by atoms with Crippen molar-refractivity contribution in [1.29, 1.82) is 0 Å². The zero-order valence-electron chi connectivity index (χ0n) is 13.3. The van der Waals surface area contributed by atoms with E-state index in [1.807, 2.05) is 12.1 Å². The molecular weight excluding hydrogens is 264 g/mol. The molecule has 0 radical (unpaired) electrons. The molecule has 1 aromatic carbocycles. The summed E-state index contributed by atoms with van der Waals surface area (Å²) in [5, 5.41) is 13.4. The van der Waals surface area contributed by atoms with E-state index in [2.05, 4.69) is 36.2 Å². The first kappa shape index (κ1) is 16.3. The highest BCUT2D eigenvalue weighted by molar-refractivity contribution is 5.32. The Labute approximate surface area is 128 Å². The summed E-state index contributed by atoms with van der Waals surface area (Å²) in [5.41, 5.74) is 0.825. The van der Waals surface area contributed by atoms with Gasteiger partial charge in [-0.3, -0.25) is 4.90 Å². The molecule has 118 valence electrons. The highest BCUT2D eigenvalue weighted by Crippen LogP contribution is 2.29. The summed E-state index contributed by atoms with van der Waals surface area (Å²) in [7, 11) is 0. The first-order valence-electron chi connectivity index (χ1n) is 8.00. The van der Waals surface area contributed by atoms with Gasteiger partial charge in [0, 0.05) is 19.6 Å². The maximum atomic E-state index is 10.0. The summed E-state index contributed by atoms with van der Waals surface area (Å²) < 4.78 is 5.64. The summed E-state index contributed by atoms with van der Waals surface area (Å²) in [4.78, 5) is 2.38. The van der Waals surface area contributed by atoms with Crippen LogP contribution in [0.4, 0.5) is 0 Å². The number of aliphatic hydroxyl groups is 1. The minimum Gasteiger partial charge on any atom is -0.494 e. The normalized spacial score (nSPS) is 19.8. The summed E-state index contributed by atoms with van der Waals surface area (Å²) in [6, 6.07) is 8.18. The Kier molecular flexibility index (Phi) is 6.03. The molecule has 0 spiro atoms. The van der Waals surface area contributed by atoms with Gasteiger partial charge in [0.05, 0.1) is 18.8 Å². The van der Waals surface area contributed by atoms with E-state index >= 15 is 0 Å². The van der Waals surface area contributed by atoms with Gasteiger partial charge in [0.25, 0.3) is 0 Å². The van der Waals surface area contributed by atoms with E-state index in [-0.39, 0.29) is 12.1 Å². The van der Waals surface area contributed by atoms with E-state index in [4.69, 9.17) is 4.74 Å². The average molecular weight is 292 g/mol. The number of benzene rings is 1.